The molecule has 0 saturated heterocycles. The molecule has 1 fully saturated rings. The largest absolute Gasteiger partial charge is 0.481 e. The summed E-state index contributed by atoms with van der Waals surface area (Å²) in [6.07, 6.45) is 6.88. The lowest BCUT2D eigenvalue weighted by atomic mass is 10.2. The van der Waals surface area contributed by atoms with Crippen LogP contribution in [0.3, 0.4) is 0 Å². The fourth-order valence-corrected chi connectivity index (χ4v) is 2.88. The molecule has 6 nitrogen and oxygen atoms in total. The van der Waals surface area contributed by atoms with Gasteiger partial charge in [0.15, 0.2) is 0 Å². The van der Waals surface area contributed by atoms with Crippen molar-refractivity contribution in [2.75, 3.05) is 34.4 Å². The highest BCUT2D eigenvalue weighted by atomic mass is 16.5. The number of likely N-dealkylation sites (N-methyl/N-ethyl adjacent to an activating group) is 1. The Morgan fingerprint density at radius 3 is 2.38 bits per heavy atom. The van der Waals surface area contributed by atoms with Crippen LogP contribution in [0, 0.1) is 0 Å². The lowest BCUT2D eigenvalue weighted by molar-refractivity contribution is 0.245. The number of hydrogen-bond donors (Lipinski definition) is 1. The topological polar surface area (TPSA) is 59.5 Å². The van der Waals surface area contributed by atoms with Crippen molar-refractivity contribution in [3.63, 3.8) is 0 Å². The molecular weight excluding hydrogens is 268 g/mol. The van der Waals surface area contributed by atoms with E-state index in [0.29, 0.717) is 18.3 Å². The van der Waals surface area contributed by atoms with Crippen LogP contribution in [0.2, 0.25) is 0 Å². The number of aromatic nitrogens is 2. The van der Waals surface area contributed by atoms with Gasteiger partial charge in [0.2, 0.25) is 11.8 Å². The molecule has 0 amide bonds. The minimum Gasteiger partial charge on any atom is -0.481 e. The predicted molar refractivity (Wildman–Crippen MR) is 81.7 cm³/mol. The summed E-state index contributed by atoms with van der Waals surface area (Å²) in [5.41, 5.74) is 0.867. The van der Waals surface area contributed by atoms with E-state index in [9.17, 15) is 0 Å². The molecule has 1 saturated carbocycles. The van der Waals surface area contributed by atoms with Gasteiger partial charge in [-0.3, -0.25) is 0 Å². The zero-order valence-electron chi connectivity index (χ0n) is 13.3. The van der Waals surface area contributed by atoms with E-state index >= 15 is 0 Å². The third kappa shape index (κ3) is 4.28. The normalized spacial score (nSPS) is 15.6. The first-order valence-electron chi connectivity index (χ1n) is 7.59. The van der Waals surface area contributed by atoms with E-state index in [1.54, 1.807) is 14.2 Å². The summed E-state index contributed by atoms with van der Waals surface area (Å²) in [4.78, 5) is 10.7. The fourth-order valence-electron chi connectivity index (χ4n) is 2.88. The lowest BCUT2D eigenvalue weighted by Gasteiger charge is -2.24. The second-order valence-electron chi connectivity index (χ2n) is 5.47. The van der Waals surface area contributed by atoms with Crippen molar-refractivity contribution in [1.29, 1.82) is 0 Å². The maximum Gasteiger partial charge on any atom is 0.224 e. The Balaban J connectivity index is 1.80. The van der Waals surface area contributed by atoms with Crippen LogP contribution >= 0.6 is 0 Å². The van der Waals surface area contributed by atoms with Crippen LogP contribution in [-0.2, 0) is 6.54 Å². The molecule has 118 valence electrons. The van der Waals surface area contributed by atoms with E-state index in [1.165, 1.54) is 32.0 Å². The molecule has 0 atom stereocenters. The molecule has 0 spiro atoms. The maximum atomic E-state index is 5.27. The Hall–Kier alpha value is -1.40. The first kappa shape index (κ1) is 16.0. The van der Waals surface area contributed by atoms with Gasteiger partial charge in [0.1, 0.15) is 6.33 Å². The maximum absolute atomic E-state index is 5.27. The number of rotatable bonds is 8. The summed E-state index contributed by atoms with van der Waals surface area (Å²) in [6, 6.07) is 0.760. The minimum atomic E-state index is 0.568. The molecule has 2 rings (SSSR count). The van der Waals surface area contributed by atoms with E-state index in [4.69, 9.17) is 9.47 Å². The fraction of sp³-hybridized carbons (Fsp3) is 0.733. The highest BCUT2D eigenvalue weighted by molar-refractivity contribution is 5.34. The lowest BCUT2D eigenvalue weighted by Crippen LogP contribution is -2.35. The quantitative estimate of drug-likeness (QED) is 0.733. The van der Waals surface area contributed by atoms with Gasteiger partial charge < -0.3 is 19.7 Å². The summed E-state index contributed by atoms with van der Waals surface area (Å²) in [7, 11) is 5.43. The van der Waals surface area contributed by atoms with Crippen LogP contribution in [-0.4, -0.2) is 55.3 Å². The molecule has 6 heteroatoms. The first-order valence-corrected chi connectivity index (χ1v) is 7.59. The van der Waals surface area contributed by atoms with Crippen molar-refractivity contribution < 1.29 is 9.47 Å². The third-order valence-corrected chi connectivity index (χ3v) is 4.14. The van der Waals surface area contributed by atoms with Crippen LogP contribution in [0.1, 0.15) is 31.2 Å². The summed E-state index contributed by atoms with van der Waals surface area (Å²) in [5.74, 6) is 1.14. The van der Waals surface area contributed by atoms with E-state index < -0.39 is 0 Å². The van der Waals surface area contributed by atoms with Gasteiger partial charge >= 0.3 is 0 Å². The van der Waals surface area contributed by atoms with Crippen LogP contribution in [0.5, 0.6) is 11.8 Å². The molecule has 1 N–H and O–H groups in total. The van der Waals surface area contributed by atoms with Crippen molar-refractivity contribution in [3.8, 4) is 11.8 Å². The molecule has 21 heavy (non-hydrogen) atoms. The SMILES string of the molecule is COc1ncnc(OC)c1CNCCN(C)C1CCCC1. The second kappa shape index (κ2) is 8.14. The van der Waals surface area contributed by atoms with Crippen LogP contribution in [0.25, 0.3) is 0 Å². The number of nitrogens with zero attached hydrogens (tertiary/aromatic N) is 3. The standard InChI is InChI=1S/C15H26N4O2/c1-19(12-6-4-5-7-12)9-8-16-10-13-14(20-2)17-11-18-15(13)21-3/h11-12,16H,4-10H2,1-3H3. The van der Waals surface area contributed by atoms with Gasteiger partial charge in [0.25, 0.3) is 0 Å². The van der Waals surface area contributed by atoms with Crippen LogP contribution in [0.15, 0.2) is 6.33 Å². The number of ether oxygens (including phenoxy) is 2. The summed E-state index contributed by atoms with van der Waals surface area (Å²) in [5, 5.41) is 3.42. The zero-order chi connectivity index (χ0) is 15.1. The third-order valence-electron chi connectivity index (χ3n) is 4.14. The smallest absolute Gasteiger partial charge is 0.224 e. The molecule has 1 aliphatic rings. The van der Waals surface area contributed by atoms with E-state index in [-0.39, 0.29) is 0 Å². The highest BCUT2D eigenvalue weighted by Gasteiger charge is 2.19. The van der Waals surface area contributed by atoms with E-state index in [2.05, 4.69) is 27.2 Å². The molecular formula is C15H26N4O2. The average molecular weight is 294 g/mol. The van der Waals surface area contributed by atoms with Gasteiger partial charge in [0, 0.05) is 25.7 Å². The van der Waals surface area contributed by atoms with Crippen LogP contribution in [0.4, 0.5) is 0 Å². The molecule has 0 radical (unpaired) electrons. The Kier molecular flexibility index (Phi) is 6.20. The summed E-state index contributed by atoms with van der Waals surface area (Å²) < 4.78 is 10.5. The molecule has 0 bridgehead atoms. The zero-order valence-corrected chi connectivity index (χ0v) is 13.3. The molecule has 0 aromatic carbocycles. The molecule has 0 aliphatic heterocycles. The van der Waals surface area contributed by atoms with Gasteiger partial charge in [-0.2, -0.15) is 0 Å². The summed E-state index contributed by atoms with van der Waals surface area (Å²) in [6.45, 7) is 2.61. The Morgan fingerprint density at radius 2 is 1.81 bits per heavy atom. The van der Waals surface area contributed by atoms with Gasteiger partial charge in [-0.25, -0.2) is 9.97 Å². The van der Waals surface area contributed by atoms with Crippen molar-refractivity contribution in [2.24, 2.45) is 0 Å². The number of methoxy groups -OCH3 is 2. The molecule has 1 heterocycles. The first-order chi connectivity index (χ1) is 10.3. The van der Waals surface area contributed by atoms with Gasteiger partial charge in [0.05, 0.1) is 19.8 Å². The van der Waals surface area contributed by atoms with E-state index in [1.807, 2.05) is 0 Å². The van der Waals surface area contributed by atoms with E-state index in [0.717, 1.165) is 24.7 Å². The van der Waals surface area contributed by atoms with Crippen molar-refractivity contribution >= 4 is 0 Å². The van der Waals surface area contributed by atoms with Gasteiger partial charge in [-0.05, 0) is 19.9 Å². The molecule has 0 unspecified atom stereocenters. The Morgan fingerprint density at radius 1 is 1.19 bits per heavy atom. The Bertz CT molecular complexity index is 413. The second-order valence-corrected chi connectivity index (χ2v) is 5.47. The van der Waals surface area contributed by atoms with Crippen molar-refractivity contribution in [2.45, 2.75) is 38.3 Å². The Labute approximate surface area is 126 Å². The monoisotopic (exact) mass is 294 g/mol. The predicted octanol–water partition coefficient (Wildman–Crippen LogP) is 1.46. The summed E-state index contributed by atoms with van der Waals surface area (Å²) >= 11 is 0. The van der Waals surface area contributed by atoms with Gasteiger partial charge in [-0.1, -0.05) is 12.8 Å². The van der Waals surface area contributed by atoms with Crippen LogP contribution < -0.4 is 14.8 Å². The highest BCUT2D eigenvalue weighted by Crippen LogP contribution is 2.23. The number of hydrogen-bond acceptors (Lipinski definition) is 6. The molecule has 1 aromatic heterocycles. The average Bonchev–Trinajstić information content (AvgIpc) is 3.05. The van der Waals surface area contributed by atoms with Crippen molar-refractivity contribution in [1.82, 2.24) is 20.2 Å². The molecule has 1 aromatic rings. The van der Waals surface area contributed by atoms with Crippen molar-refractivity contribution in [3.05, 3.63) is 11.9 Å². The minimum absolute atomic E-state index is 0.568. The van der Waals surface area contributed by atoms with Gasteiger partial charge in [-0.15, -0.1) is 0 Å². The molecule has 1 aliphatic carbocycles. The number of nitrogens with one attached hydrogen (secondary N) is 1.